The average Bonchev–Trinajstić information content (AvgIpc) is 2.91. The number of anilines is 1. The molecule has 0 saturated heterocycles. The molecule has 0 aliphatic carbocycles. The maximum atomic E-state index is 12.8. The molecule has 5 heteroatoms. The van der Waals surface area contributed by atoms with Crippen LogP contribution < -0.4 is 10.1 Å². The highest BCUT2D eigenvalue weighted by molar-refractivity contribution is 6.36. The Morgan fingerprint density at radius 1 is 0.923 bits per heavy atom. The lowest BCUT2D eigenvalue weighted by Gasteiger charge is -2.12. The molecule has 5 nitrogen and oxygen atoms in total. The van der Waals surface area contributed by atoms with Crippen molar-refractivity contribution in [3.8, 4) is 5.75 Å². The van der Waals surface area contributed by atoms with E-state index in [9.17, 15) is 9.59 Å². The minimum atomic E-state index is -0.303. The van der Waals surface area contributed by atoms with Crippen LogP contribution in [0.1, 0.15) is 25.8 Å². The topological polar surface area (TPSA) is 58.6 Å². The van der Waals surface area contributed by atoms with Crippen molar-refractivity contribution in [3.05, 3.63) is 65.9 Å². The minimum Gasteiger partial charge on any atom is -0.494 e. The van der Waals surface area contributed by atoms with Gasteiger partial charge in [0.25, 0.3) is 11.8 Å². The van der Waals surface area contributed by atoms with Gasteiger partial charge in [0, 0.05) is 12.2 Å². The first-order chi connectivity index (χ1) is 12.7. The smallest absolute Gasteiger partial charge is 0.278 e. The molecule has 1 aliphatic rings. The lowest BCUT2D eigenvalue weighted by molar-refractivity contribution is -0.136. The summed E-state index contributed by atoms with van der Waals surface area (Å²) in [6.07, 6.45) is 0.927. The zero-order chi connectivity index (χ0) is 18.5. The summed E-state index contributed by atoms with van der Waals surface area (Å²) in [5, 5.41) is 3.12. The molecule has 1 N–H and O–H groups in total. The van der Waals surface area contributed by atoms with Gasteiger partial charge in [0.15, 0.2) is 0 Å². The second-order valence-corrected chi connectivity index (χ2v) is 5.97. The number of hydrogen-bond acceptors (Lipinski definition) is 4. The van der Waals surface area contributed by atoms with Crippen molar-refractivity contribution in [1.29, 1.82) is 0 Å². The lowest BCUT2D eigenvalue weighted by atomic mass is 10.0. The summed E-state index contributed by atoms with van der Waals surface area (Å²) in [5.41, 5.74) is 2.16. The van der Waals surface area contributed by atoms with Gasteiger partial charge in [-0.2, -0.15) is 0 Å². The van der Waals surface area contributed by atoms with Crippen LogP contribution in [0.4, 0.5) is 5.69 Å². The molecule has 0 spiro atoms. The monoisotopic (exact) mass is 350 g/mol. The van der Waals surface area contributed by atoms with Crippen LogP contribution in [0.25, 0.3) is 5.57 Å². The van der Waals surface area contributed by atoms with Crippen molar-refractivity contribution in [3.63, 3.8) is 0 Å². The molecule has 2 aromatic rings. The van der Waals surface area contributed by atoms with Crippen LogP contribution in [0, 0.1) is 0 Å². The number of ether oxygens (including phenoxy) is 1. The first-order valence-electron chi connectivity index (χ1n) is 8.81. The van der Waals surface area contributed by atoms with Crippen LogP contribution in [-0.4, -0.2) is 29.9 Å². The van der Waals surface area contributed by atoms with Crippen LogP contribution in [0.3, 0.4) is 0 Å². The van der Waals surface area contributed by atoms with Crippen LogP contribution in [0.5, 0.6) is 5.75 Å². The summed E-state index contributed by atoms with van der Waals surface area (Å²) in [6, 6.07) is 16.7. The number of imide groups is 1. The first-order valence-corrected chi connectivity index (χ1v) is 8.81. The Bertz CT molecular complexity index is 826. The predicted molar refractivity (Wildman–Crippen MR) is 102 cm³/mol. The third-order valence-electron chi connectivity index (χ3n) is 4.14. The van der Waals surface area contributed by atoms with Crippen molar-refractivity contribution >= 4 is 23.1 Å². The Morgan fingerprint density at radius 3 is 2.23 bits per heavy atom. The standard InChI is InChI=1S/C21H22N2O3/c1-3-14-26-17-12-10-15(11-13-17)18-19(21(25)23(4-2)20(18)24)22-16-8-6-5-7-9-16/h5-13,22H,3-4,14H2,1-2H3. The fourth-order valence-electron chi connectivity index (χ4n) is 2.85. The quantitative estimate of drug-likeness (QED) is 0.774. The van der Waals surface area contributed by atoms with E-state index >= 15 is 0 Å². The fourth-order valence-corrected chi connectivity index (χ4v) is 2.85. The van der Waals surface area contributed by atoms with Crippen LogP contribution in [-0.2, 0) is 9.59 Å². The number of likely N-dealkylation sites (N-methyl/N-ethyl adjacent to an activating group) is 1. The summed E-state index contributed by atoms with van der Waals surface area (Å²) in [4.78, 5) is 26.7. The number of hydrogen-bond donors (Lipinski definition) is 1. The number of amides is 2. The van der Waals surface area contributed by atoms with Gasteiger partial charge < -0.3 is 10.1 Å². The van der Waals surface area contributed by atoms with Gasteiger partial charge in [-0.25, -0.2) is 0 Å². The Kier molecular flexibility index (Phi) is 5.37. The number of carbonyl (C=O) groups excluding carboxylic acids is 2. The van der Waals surface area contributed by atoms with E-state index in [1.807, 2.05) is 61.5 Å². The Balaban J connectivity index is 1.97. The van der Waals surface area contributed by atoms with Crippen molar-refractivity contribution < 1.29 is 14.3 Å². The molecule has 1 heterocycles. The summed E-state index contributed by atoms with van der Waals surface area (Å²) in [5.74, 6) is 0.165. The zero-order valence-electron chi connectivity index (χ0n) is 15.0. The van der Waals surface area contributed by atoms with Gasteiger partial charge in [0.1, 0.15) is 11.4 Å². The van der Waals surface area contributed by atoms with Gasteiger partial charge in [0.2, 0.25) is 0 Å². The van der Waals surface area contributed by atoms with Gasteiger partial charge in [-0.05, 0) is 43.2 Å². The molecule has 0 aromatic heterocycles. The molecule has 0 saturated carbocycles. The molecular weight excluding hydrogens is 328 g/mol. The van der Waals surface area contributed by atoms with Crippen LogP contribution in [0.2, 0.25) is 0 Å². The second kappa shape index (κ2) is 7.87. The maximum absolute atomic E-state index is 12.8. The number of para-hydroxylation sites is 1. The van der Waals surface area contributed by atoms with Crippen molar-refractivity contribution in [2.24, 2.45) is 0 Å². The molecule has 26 heavy (non-hydrogen) atoms. The van der Waals surface area contributed by atoms with Gasteiger partial charge in [-0.3, -0.25) is 14.5 Å². The number of benzene rings is 2. The maximum Gasteiger partial charge on any atom is 0.278 e. The minimum absolute atomic E-state index is 0.279. The molecule has 0 fully saturated rings. The summed E-state index contributed by atoms with van der Waals surface area (Å²) in [7, 11) is 0. The predicted octanol–water partition coefficient (Wildman–Crippen LogP) is 3.69. The molecule has 134 valence electrons. The van der Waals surface area contributed by atoms with Gasteiger partial charge in [-0.1, -0.05) is 37.3 Å². The SMILES string of the molecule is CCCOc1ccc(C2=C(Nc3ccccc3)C(=O)N(CC)C2=O)cc1. The number of carbonyl (C=O) groups is 2. The van der Waals surface area contributed by atoms with E-state index < -0.39 is 0 Å². The molecule has 2 aromatic carbocycles. The number of nitrogens with zero attached hydrogens (tertiary/aromatic N) is 1. The Hall–Kier alpha value is -3.08. The molecule has 1 aliphatic heterocycles. The van der Waals surface area contributed by atoms with Gasteiger partial charge in [0.05, 0.1) is 12.2 Å². The first kappa shape index (κ1) is 17.7. The largest absolute Gasteiger partial charge is 0.494 e. The van der Waals surface area contributed by atoms with Crippen LogP contribution in [0.15, 0.2) is 60.3 Å². The van der Waals surface area contributed by atoms with E-state index in [0.29, 0.717) is 30.0 Å². The Morgan fingerprint density at radius 2 is 1.62 bits per heavy atom. The van der Waals surface area contributed by atoms with Crippen molar-refractivity contribution in [1.82, 2.24) is 4.90 Å². The summed E-state index contributed by atoms with van der Waals surface area (Å²) in [6.45, 7) is 4.81. The van der Waals surface area contributed by atoms with E-state index in [-0.39, 0.29) is 11.8 Å². The molecule has 2 amide bonds. The van der Waals surface area contributed by atoms with Crippen LogP contribution >= 0.6 is 0 Å². The Labute approximate surface area is 153 Å². The zero-order valence-corrected chi connectivity index (χ0v) is 15.0. The van der Waals surface area contributed by atoms with E-state index in [0.717, 1.165) is 17.9 Å². The summed E-state index contributed by atoms with van der Waals surface area (Å²) >= 11 is 0. The average molecular weight is 350 g/mol. The highest BCUT2D eigenvalue weighted by Gasteiger charge is 2.38. The molecule has 0 bridgehead atoms. The fraction of sp³-hybridized carbons (Fsp3) is 0.238. The van der Waals surface area contributed by atoms with E-state index in [2.05, 4.69) is 5.32 Å². The molecule has 0 unspecified atom stereocenters. The van der Waals surface area contributed by atoms with E-state index in [4.69, 9.17) is 4.74 Å². The summed E-state index contributed by atoms with van der Waals surface area (Å²) < 4.78 is 5.59. The third kappa shape index (κ3) is 3.47. The van der Waals surface area contributed by atoms with Crippen molar-refractivity contribution in [2.75, 3.05) is 18.5 Å². The molecular formula is C21H22N2O3. The van der Waals surface area contributed by atoms with E-state index in [1.54, 1.807) is 6.92 Å². The van der Waals surface area contributed by atoms with Gasteiger partial charge in [-0.15, -0.1) is 0 Å². The van der Waals surface area contributed by atoms with Crippen molar-refractivity contribution in [2.45, 2.75) is 20.3 Å². The highest BCUT2D eigenvalue weighted by Crippen LogP contribution is 2.31. The molecule has 0 atom stereocenters. The van der Waals surface area contributed by atoms with Gasteiger partial charge >= 0.3 is 0 Å². The normalized spacial score (nSPS) is 14.2. The number of nitrogens with one attached hydrogen (secondary N) is 1. The molecule has 0 radical (unpaired) electrons. The number of rotatable bonds is 7. The molecule has 3 rings (SSSR count). The lowest BCUT2D eigenvalue weighted by Crippen LogP contribution is -2.32. The highest BCUT2D eigenvalue weighted by atomic mass is 16.5. The van der Waals surface area contributed by atoms with E-state index in [1.165, 1.54) is 4.90 Å². The second-order valence-electron chi connectivity index (χ2n) is 5.97. The third-order valence-corrected chi connectivity index (χ3v) is 4.14.